The van der Waals surface area contributed by atoms with E-state index < -0.39 is 0 Å². The number of rotatable bonds is 5. The molecule has 7 nitrogen and oxygen atoms in total. The number of halogens is 1. The second-order valence-corrected chi connectivity index (χ2v) is 4.93. The first-order valence-corrected chi connectivity index (χ1v) is 7.07. The van der Waals surface area contributed by atoms with Crippen LogP contribution in [-0.2, 0) is 12.4 Å². The summed E-state index contributed by atoms with van der Waals surface area (Å²) in [6, 6.07) is 2.00. The largest absolute Gasteiger partial charge is 0.479 e. The number of hydrogen-bond donors (Lipinski definition) is 0. The van der Waals surface area contributed by atoms with Crippen LogP contribution >= 0.6 is 11.6 Å². The summed E-state index contributed by atoms with van der Waals surface area (Å²) in [6.45, 7) is 2.78. The summed E-state index contributed by atoms with van der Waals surface area (Å²) >= 11 is 6.03. The number of hydrogen-bond acceptors (Lipinski definition) is 5. The summed E-state index contributed by atoms with van der Waals surface area (Å²) < 4.78 is 9.11. The zero-order chi connectivity index (χ0) is 14.8. The molecule has 0 saturated carbocycles. The average molecular weight is 307 g/mol. The minimum absolute atomic E-state index is 0.100. The molecule has 0 fully saturated rings. The van der Waals surface area contributed by atoms with Crippen molar-refractivity contribution in [2.75, 3.05) is 7.11 Å². The molecule has 110 valence electrons. The van der Waals surface area contributed by atoms with E-state index in [9.17, 15) is 0 Å². The molecular formula is C13H15ClN6O. The van der Waals surface area contributed by atoms with Crippen LogP contribution in [0.1, 0.15) is 18.8 Å². The predicted octanol–water partition coefficient (Wildman–Crippen LogP) is 2.03. The second kappa shape index (κ2) is 5.69. The lowest BCUT2D eigenvalue weighted by Crippen LogP contribution is -2.16. The van der Waals surface area contributed by atoms with Crippen LogP contribution in [0.2, 0.25) is 0 Å². The smallest absolute Gasteiger partial charge is 0.245 e. The van der Waals surface area contributed by atoms with Gasteiger partial charge >= 0.3 is 0 Å². The molecule has 1 atom stereocenters. The molecule has 21 heavy (non-hydrogen) atoms. The lowest BCUT2D eigenvalue weighted by Gasteiger charge is -2.16. The molecule has 3 rings (SSSR count). The van der Waals surface area contributed by atoms with Crippen LogP contribution in [0.3, 0.4) is 0 Å². The molecule has 0 saturated heterocycles. The van der Waals surface area contributed by atoms with Crippen LogP contribution in [0.4, 0.5) is 0 Å². The monoisotopic (exact) mass is 306 g/mol. The molecule has 0 spiro atoms. The lowest BCUT2D eigenvalue weighted by atomic mass is 10.3. The predicted molar refractivity (Wildman–Crippen MR) is 78.4 cm³/mol. The fourth-order valence-electron chi connectivity index (χ4n) is 2.40. The Hall–Kier alpha value is -2.15. The topological polar surface area (TPSA) is 70.7 Å². The van der Waals surface area contributed by atoms with Crippen LogP contribution < -0.4 is 4.74 Å². The van der Waals surface area contributed by atoms with Gasteiger partial charge in [-0.15, -0.1) is 11.6 Å². The number of nitrogens with zero attached hydrogens (tertiary/aromatic N) is 6. The van der Waals surface area contributed by atoms with Gasteiger partial charge in [-0.25, -0.2) is 9.97 Å². The molecular weight excluding hydrogens is 292 g/mol. The third kappa shape index (κ3) is 2.44. The first-order chi connectivity index (χ1) is 10.2. The fraction of sp³-hybridized carbons (Fsp3) is 0.385. The summed E-state index contributed by atoms with van der Waals surface area (Å²) in [4.78, 5) is 12.9. The standard InChI is InChI=1S/C13H15ClN6O/c1-9(7-19-5-3-4-17-19)20-10(6-14)18-11-12(20)15-8-16-13(11)21-2/h3-5,8-9H,6-7H2,1-2H3. The van der Waals surface area contributed by atoms with E-state index in [0.717, 1.165) is 11.5 Å². The zero-order valence-electron chi connectivity index (χ0n) is 11.8. The number of fused-ring (bicyclic) bond motifs is 1. The molecule has 1 unspecified atom stereocenters. The van der Waals surface area contributed by atoms with Crippen molar-refractivity contribution in [2.45, 2.75) is 25.4 Å². The van der Waals surface area contributed by atoms with Gasteiger partial charge < -0.3 is 9.30 Å². The molecule has 8 heteroatoms. The molecule has 0 aliphatic heterocycles. The Morgan fingerprint density at radius 1 is 1.38 bits per heavy atom. The minimum Gasteiger partial charge on any atom is -0.479 e. The number of ether oxygens (including phenoxy) is 1. The van der Waals surface area contributed by atoms with Gasteiger partial charge in [0.05, 0.1) is 25.6 Å². The van der Waals surface area contributed by atoms with Crippen LogP contribution in [0, 0.1) is 0 Å². The molecule has 0 N–H and O–H groups in total. The van der Waals surface area contributed by atoms with Gasteiger partial charge in [-0.3, -0.25) is 4.68 Å². The van der Waals surface area contributed by atoms with Crippen molar-refractivity contribution in [1.82, 2.24) is 29.3 Å². The van der Waals surface area contributed by atoms with Gasteiger partial charge in [0.1, 0.15) is 12.2 Å². The molecule has 0 bridgehead atoms. The van der Waals surface area contributed by atoms with Gasteiger partial charge in [-0.1, -0.05) is 0 Å². The summed E-state index contributed by atoms with van der Waals surface area (Å²) in [5.74, 6) is 1.49. The van der Waals surface area contributed by atoms with Crippen molar-refractivity contribution in [2.24, 2.45) is 0 Å². The molecule has 3 aromatic rings. The van der Waals surface area contributed by atoms with Crippen LogP contribution in [0.25, 0.3) is 11.2 Å². The molecule has 0 aliphatic carbocycles. The van der Waals surface area contributed by atoms with Crippen LogP contribution in [-0.4, -0.2) is 36.4 Å². The molecule has 0 aromatic carbocycles. The van der Waals surface area contributed by atoms with Crippen LogP contribution in [0.15, 0.2) is 24.8 Å². The maximum Gasteiger partial charge on any atom is 0.245 e. The summed E-state index contributed by atoms with van der Waals surface area (Å²) in [5.41, 5.74) is 1.35. The lowest BCUT2D eigenvalue weighted by molar-refractivity contribution is 0.401. The molecule has 3 aromatic heterocycles. The molecule has 3 heterocycles. The number of imidazole rings is 1. The van der Waals surface area contributed by atoms with Crippen molar-refractivity contribution >= 4 is 22.8 Å². The van der Waals surface area contributed by atoms with Crippen molar-refractivity contribution in [3.05, 3.63) is 30.6 Å². The Balaban J connectivity index is 2.07. The zero-order valence-corrected chi connectivity index (χ0v) is 12.5. The van der Waals surface area contributed by atoms with E-state index in [4.69, 9.17) is 16.3 Å². The van der Waals surface area contributed by atoms with E-state index in [0.29, 0.717) is 23.8 Å². The number of alkyl halides is 1. The van der Waals surface area contributed by atoms with Crippen molar-refractivity contribution in [1.29, 1.82) is 0 Å². The van der Waals surface area contributed by atoms with Gasteiger partial charge in [-0.05, 0) is 13.0 Å². The highest BCUT2D eigenvalue weighted by molar-refractivity contribution is 6.16. The Morgan fingerprint density at radius 2 is 2.24 bits per heavy atom. The quantitative estimate of drug-likeness (QED) is 0.675. The van der Waals surface area contributed by atoms with Gasteiger partial charge in [0.15, 0.2) is 11.2 Å². The van der Waals surface area contributed by atoms with Crippen molar-refractivity contribution in [3.63, 3.8) is 0 Å². The van der Waals surface area contributed by atoms with E-state index in [2.05, 4.69) is 27.0 Å². The Morgan fingerprint density at radius 3 is 2.90 bits per heavy atom. The minimum atomic E-state index is 0.100. The molecule has 0 amide bonds. The van der Waals surface area contributed by atoms with E-state index in [-0.39, 0.29) is 6.04 Å². The van der Waals surface area contributed by atoms with Crippen molar-refractivity contribution < 1.29 is 4.74 Å². The van der Waals surface area contributed by atoms with E-state index in [1.165, 1.54) is 6.33 Å². The third-order valence-electron chi connectivity index (χ3n) is 3.28. The third-order valence-corrected chi connectivity index (χ3v) is 3.52. The highest BCUT2D eigenvalue weighted by atomic mass is 35.5. The van der Waals surface area contributed by atoms with Gasteiger partial charge in [0, 0.05) is 12.4 Å². The highest BCUT2D eigenvalue weighted by Gasteiger charge is 2.19. The van der Waals surface area contributed by atoms with Gasteiger partial charge in [-0.2, -0.15) is 10.1 Å². The summed E-state index contributed by atoms with van der Waals surface area (Å²) in [5, 5.41) is 4.23. The SMILES string of the molecule is COc1ncnc2c1nc(CCl)n2C(C)Cn1cccn1. The Bertz CT molecular complexity index is 739. The average Bonchev–Trinajstić information content (AvgIpc) is 3.12. The Labute approximate surface area is 126 Å². The summed E-state index contributed by atoms with van der Waals surface area (Å²) in [7, 11) is 1.56. The Kier molecular flexibility index (Phi) is 3.74. The van der Waals surface area contributed by atoms with Gasteiger partial charge in [0.25, 0.3) is 0 Å². The first kappa shape index (κ1) is 13.8. The normalized spacial score (nSPS) is 12.7. The van der Waals surface area contributed by atoms with E-state index in [1.807, 2.05) is 21.5 Å². The summed E-state index contributed by atoms with van der Waals surface area (Å²) in [6.07, 6.45) is 5.15. The maximum atomic E-state index is 6.03. The molecule has 0 aliphatic rings. The van der Waals surface area contributed by atoms with Crippen LogP contribution in [0.5, 0.6) is 5.88 Å². The first-order valence-electron chi connectivity index (χ1n) is 6.53. The maximum absolute atomic E-state index is 6.03. The van der Waals surface area contributed by atoms with E-state index in [1.54, 1.807) is 13.3 Å². The highest BCUT2D eigenvalue weighted by Crippen LogP contribution is 2.26. The van der Waals surface area contributed by atoms with Crippen molar-refractivity contribution in [3.8, 4) is 5.88 Å². The number of aromatic nitrogens is 6. The fourth-order valence-corrected chi connectivity index (χ4v) is 2.59. The molecule has 0 radical (unpaired) electrons. The van der Waals surface area contributed by atoms with Gasteiger partial charge in [0.2, 0.25) is 5.88 Å². The second-order valence-electron chi connectivity index (χ2n) is 4.66. The number of methoxy groups -OCH3 is 1. The van der Waals surface area contributed by atoms with E-state index >= 15 is 0 Å².